The maximum Gasteiger partial charge on any atom is 0.231 e. The molecule has 3 aromatic rings. The lowest BCUT2D eigenvalue weighted by Crippen LogP contribution is -2.18. The number of benzene rings is 2. The normalized spacial score (nSPS) is 12.1. The maximum atomic E-state index is 5.44. The molecule has 0 bridgehead atoms. The van der Waals surface area contributed by atoms with Crippen molar-refractivity contribution in [3.63, 3.8) is 0 Å². The number of rotatable bonds is 6. The Hall–Kier alpha value is -3.28. The van der Waals surface area contributed by atoms with E-state index < -0.39 is 0 Å². The van der Waals surface area contributed by atoms with E-state index in [-0.39, 0.29) is 6.79 Å². The second kappa shape index (κ2) is 7.53. The fourth-order valence-electron chi connectivity index (χ4n) is 3.02. The lowest BCUT2D eigenvalue weighted by molar-refractivity contribution is 0.174. The first-order valence-electron chi connectivity index (χ1n) is 8.90. The Bertz CT molecular complexity index is 931. The zero-order valence-electron chi connectivity index (χ0n) is 15.5. The Kier molecular flexibility index (Phi) is 4.78. The molecule has 138 valence electrons. The van der Waals surface area contributed by atoms with E-state index in [4.69, 9.17) is 9.47 Å². The van der Waals surface area contributed by atoms with Gasteiger partial charge in [-0.1, -0.05) is 36.4 Å². The minimum atomic E-state index is 0.286. The van der Waals surface area contributed by atoms with Gasteiger partial charge in [0, 0.05) is 26.2 Å². The van der Waals surface area contributed by atoms with Gasteiger partial charge in [-0.3, -0.25) is 0 Å². The van der Waals surface area contributed by atoms with Crippen molar-refractivity contribution in [2.75, 3.05) is 24.1 Å². The molecule has 4 rings (SSSR count). The highest BCUT2D eigenvalue weighted by molar-refractivity contribution is 5.50. The second-order valence-corrected chi connectivity index (χ2v) is 6.54. The Morgan fingerprint density at radius 3 is 2.63 bits per heavy atom. The van der Waals surface area contributed by atoms with Crippen molar-refractivity contribution in [1.29, 1.82) is 0 Å². The first-order chi connectivity index (χ1) is 13.2. The van der Waals surface area contributed by atoms with E-state index in [0.717, 1.165) is 41.1 Å². The molecule has 0 radical (unpaired) electrons. The fraction of sp³-hybridized carbons (Fsp3) is 0.238. The molecule has 1 aliphatic heterocycles. The van der Waals surface area contributed by atoms with Crippen LogP contribution in [0.3, 0.4) is 0 Å². The van der Waals surface area contributed by atoms with Gasteiger partial charge < -0.3 is 19.7 Å². The summed E-state index contributed by atoms with van der Waals surface area (Å²) in [7, 11) is 2.04. The summed E-state index contributed by atoms with van der Waals surface area (Å²) in [5.41, 5.74) is 2.35. The summed E-state index contributed by atoms with van der Waals surface area (Å²) in [5.74, 6) is 4.01. The van der Waals surface area contributed by atoms with Crippen LogP contribution in [0.25, 0.3) is 0 Å². The number of fused-ring (bicyclic) bond motifs is 1. The molecule has 1 N–H and O–H groups in total. The summed E-state index contributed by atoms with van der Waals surface area (Å²) < 4.78 is 10.8. The van der Waals surface area contributed by atoms with E-state index in [1.807, 2.05) is 56.4 Å². The maximum absolute atomic E-state index is 5.44. The molecule has 0 saturated carbocycles. The molecule has 6 heteroatoms. The number of ether oxygens (including phenoxy) is 2. The van der Waals surface area contributed by atoms with Crippen LogP contribution < -0.4 is 19.7 Å². The van der Waals surface area contributed by atoms with Crippen molar-refractivity contribution < 1.29 is 9.47 Å². The van der Waals surface area contributed by atoms with Crippen LogP contribution in [0.1, 0.15) is 17.0 Å². The van der Waals surface area contributed by atoms with Crippen LogP contribution in [0.15, 0.2) is 54.6 Å². The molecule has 27 heavy (non-hydrogen) atoms. The number of anilines is 2. The van der Waals surface area contributed by atoms with Crippen LogP contribution in [-0.4, -0.2) is 23.8 Å². The highest BCUT2D eigenvalue weighted by Gasteiger charge is 2.13. The number of aryl methyl sites for hydroxylation is 1. The largest absolute Gasteiger partial charge is 0.454 e. The first-order valence-corrected chi connectivity index (χ1v) is 8.90. The van der Waals surface area contributed by atoms with Crippen LogP contribution in [0, 0.1) is 6.92 Å². The van der Waals surface area contributed by atoms with Gasteiger partial charge in [-0.25, -0.2) is 9.97 Å². The van der Waals surface area contributed by atoms with E-state index in [9.17, 15) is 0 Å². The molecular formula is C21H22N4O2. The Morgan fingerprint density at radius 1 is 0.963 bits per heavy atom. The molecule has 0 aliphatic carbocycles. The number of nitrogens with one attached hydrogen (secondary N) is 1. The zero-order chi connectivity index (χ0) is 18.6. The third-order valence-electron chi connectivity index (χ3n) is 4.39. The molecule has 2 heterocycles. The van der Waals surface area contributed by atoms with Crippen molar-refractivity contribution in [3.05, 3.63) is 71.5 Å². The first kappa shape index (κ1) is 17.1. The van der Waals surface area contributed by atoms with E-state index in [1.54, 1.807) is 0 Å². The SMILES string of the molecule is Cc1nc(NCc2ccc3c(c2)OCO3)cc(N(C)Cc2ccccc2)n1. The molecule has 0 saturated heterocycles. The highest BCUT2D eigenvalue weighted by atomic mass is 16.7. The van der Waals surface area contributed by atoms with E-state index in [0.29, 0.717) is 6.54 Å². The number of nitrogens with zero attached hydrogens (tertiary/aromatic N) is 3. The van der Waals surface area contributed by atoms with Gasteiger partial charge in [-0.05, 0) is 30.2 Å². The predicted molar refractivity (Wildman–Crippen MR) is 105 cm³/mol. The standard InChI is InChI=1S/C21H22N4O2/c1-15-23-20(22-12-17-8-9-18-19(10-17)27-14-26-18)11-21(24-15)25(2)13-16-6-4-3-5-7-16/h3-11H,12-14H2,1-2H3,(H,22,23,24). The predicted octanol–water partition coefficient (Wildman–Crippen LogP) is 3.76. The summed E-state index contributed by atoms with van der Waals surface area (Å²) >= 11 is 0. The number of hydrogen-bond acceptors (Lipinski definition) is 6. The summed E-state index contributed by atoms with van der Waals surface area (Å²) in [4.78, 5) is 11.2. The molecule has 0 spiro atoms. The second-order valence-electron chi connectivity index (χ2n) is 6.54. The van der Waals surface area contributed by atoms with Crippen LogP contribution in [0.5, 0.6) is 11.5 Å². The third-order valence-corrected chi connectivity index (χ3v) is 4.39. The molecule has 0 amide bonds. The molecule has 0 fully saturated rings. The van der Waals surface area contributed by atoms with Gasteiger partial charge in [-0.2, -0.15) is 0 Å². The number of aromatic nitrogens is 2. The van der Waals surface area contributed by atoms with Gasteiger partial charge in [-0.15, -0.1) is 0 Å². The van der Waals surface area contributed by atoms with Gasteiger partial charge in [0.15, 0.2) is 11.5 Å². The van der Waals surface area contributed by atoms with E-state index in [2.05, 4.69) is 32.3 Å². The van der Waals surface area contributed by atoms with Crippen molar-refractivity contribution in [1.82, 2.24) is 9.97 Å². The summed E-state index contributed by atoms with van der Waals surface area (Å²) in [6.07, 6.45) is 0. The molecule has 0 atom stereocenters. The van der Waals surface area contributed by atoms with Crippen LogP contribution in [0.4, 0.5) is 11.6 Å². The average Bonchev–Trinajstić information content (AvgIpc) is 3.14. The molecule has 1 aromatic heterocycles. The van der Waals surface area contributed by atoms with Crippen LogP contribution in [0.2, 0.25) is 0 Å². The molecule has 2 aromatic carbocycles. The monoisotopic (exact) mass is 362 g/mol. The van der Waals surface area contributed by atoms with Crippen molar-refractivity contribution in [2.24, 2.45) is 0 Å². The van der Waals surface area contributed by atoms with Crippen molar-refractivity contribution >= 4 is 11.6 Å². The van der Waals surface area contributed by atoms with Crippen LogP contribution in [-0.2, 0) is 13.1 Å². The summed E-state index contributed by atoms with van der Waals surface area (Å²) in [5, 5.41) is 3.38. The van der Waals surface area contributed by atoms with Gasteiger partial charge in [0.2, 0.25) is 6.79 Å². The van der Waals surface area contributed by atoms with Gasteiger partial charge in [0.05, 0.1) is 0 Å². The Morgan fingerprint density at radius 2 is 1.78 bits per heavy atom. The Labute approximate surface area is 158 Å². The lowest BCUT2D eigenvalue weighted by Gasteiger charge is -2.19. The van der Waals surface area contributed by atoms with Gasteiger partial charge >= 0.3 is 0 Å². The average molecular weight is 362 g/mol. The molecule has 1 aliphatic rings. The smallest absolute Gasteiger partial charge is 0.231 e. The minimum absolute atomic E-state index is 0.286. The Balaban J connectivity index is 1.45. The summed E-state index contributed by atoms with van der Waals surface area (Å²) in [6, 6.07) is 18.3. The van der Waals surface area contributed by atoms with Crippen molar-refractivity contribution in [3.8, 4) is 11.5 Å². The fourth-order valence-corrected chi connectivity index (χ4v) is 3.02. The van der Waals surface area contributed by atoms with Crippen LogP contribution >= 0.6 is 0 Å². The summed E-state index contributed by atoms with van der Waals surface area (Å²) in [6.45, 7) is 3.63. The van der Waals surface area contributed by atoms with E-state index >= 15 is 0 Å². The number of hydrogen-bond donors (Lipinski definition) is 1. The topological polar surface area (TPSA) is 59.5 Å². The third kappa shape index (κ3) is 4.11. The molecule has 0 unspecified atom stereocenters. The quantitative estimate of drug-likeness (QED) is 0.720. The molecule has 6 nitrogen and oxygen atoms in total. The molecular weight excluding hydrogens is 340 g/mol. The van der Waals surface area contributed by atoms with Gasteiger partial charge in [0.1, 0.15) is 17.5 Å². The van der Waals surface area contributed by atoms with E-state index in [1.165, 1.54) is 5.56 Å². The highest BCUT2D eigenvalue weighted by Crippen LogP contribution is 2.32. The zero-order valence-corrected chi connectivity index (χ0v) is 15.5. The lowest BCUT2D eigenvalue weighted by atomic mass is 10.2. The van der Waals surface area contributed by atoms with Crippen molar-refractivity contribution in [2.45, 2.75) is 20.0 Å². The van der Waals surface area contributed by atoms with Gasteiger partial charge in [0.25, 0.3) is 0 Å². The minimum Gasteiger partial charge on any atom is -0.454 e.